The molecule has 2 N–H and O–H groups in total. The summed E-state index contributed by atoms with van der Waals surface area (Å²) in [6, 6.07) is 1.96. The summed E-state index contributed by atoms with van der Waals surface area (Å²) in [7, 11) is 4.03. The second-order valence-corrected chi connectivity index (χ2v) is 4.05. The average molecular weight is 226 g/mol. The summed E-state index contributed by atoms with van der Waals surface area (Å²) in [5.41, 5.74) is 0.192. The van der Waals surface area contributed by atoms with E-state index >= 15 is 0 Å². The van der Waals surface area contributed by atoms with E-state index < -0.39 is 5.97 Å². The lowest BCUT2D eigenvalue weighted by Crippen LogP contribution is -2.35. The van der Waals surface area contributed by atoms with E-state index in [-0.39, 0.29) is 5.56 Å². The van der Waals surface area contributed by atoms with Gasteiger partial charge in [0.15, 0.2) is 0 Å². The van der Waals surface area contributed by atoms with Crippen molar-refractivity contribution in [3.05, 3.63) is 23.7 Å². The van der Waals surface area contributed by atoms with Crippen LogP contribution in [-0.2, 0) is 6.54 Å². The van der Waals surface area contributed by atoms with Crippen molar-refractivity contribution < 1.29 is 14.3 Å². The molecule has 90 valence electrons. The Hall–Kier alpha value is -1.33. The van der Waals surface area contributed by atoms with Gasteiger partial charge in [-0.1, -0.05) is 0 Å². The van der Waals surface area contributed by atoms with Crippen molar-refractivity contribution in [3.8, 4) is 0 Å². The normalized spacial score (nSPS) is 13.0. The van der Waals surface area contributed by atoms with Gasteiger partial charge in [0, 0.05) is 12.6 Å². The van der Waals surface area contributed by atoms with Crippen molar-refractivity contribution in [3.63, 3.8) is 0 Å². The van der Waals surface area contributed by atoms with E-state index in [1.807, 2.05) is 14.1 Å². The third kappa shape index (κ3) is 3.67. The lowest BCUT2D eigenvalue weighted by Gasteiger charge is -2.19. The lowest BCUT2D eigenvalue weighted by atomic mass is 10.3. The molecule has 0 amide bonds. The number of furan rings is 1. The SMILES string of the molecule is CC(CNCc1cc(C(=O)O)co1)N(C)C. The smallest absolute Gasteiger partial charge is 0.338 e. The molecule has 1 atom stereocenters. The number of carboxylic acid groups (broad SMARTS) is 1. The second-order valence-electron chi connectivity index (χ2n) is 4.05. The van der Waals surface area contributed by atoms with E-state index in [1.54, 1.807) is 0 Å². The molecule has 0 aliphatic carbocycles. The van der Waals surface area contributed by atoms with E-state index in [1.165, 1.54) is 12.3 Å². The molecule has 0 aromatic carbocycles. The van der Waals surface area contributed by atoms with Gasteiger partial charge in [-0.25, -0.2) is 4.79 Å². The maximum absolute atomic E-state index is 10.6. The van der Waals surface area contributed by atoms with Crippen LogP contribution in [0.25, 0.3) is 0 Å². The fraction of sp³-hybridized carbons (Fsp3) is 0.545. The van der Waals surface area contributed by atoms with Crippen LogP contribution in [-0.4, -0.2) is 42.7 Å². The molecule has 0 bridgehead atoms. The summed E-state index contributed by atoms with van der Waals surface area (Å²) in [5.74, 6) is -0.319. The van der Waals surface area contributed by atoms with Gasteiger partial charge in [0.1, 0.15) is 12.0 Å². The molecule has 0 saturated heterocycles. The van der Waals surface area contributed by atoms with Crippen LogP contribution in [0.2, 0.25) is 0 Å². The molecule has 0 saturated carbocycles. The molecule has 0 spiro atoms. The monoisotopic (exact) mass is 226 g/mol. The molecule has 1 rings (SSSR count). The van der Waals surface area contributed by atoms with Crippen LogP contribution in [0.4, 0.5) is 0 Å². The van der Waals surface area contributed by atoms with E-state index in [9.17, 15) is 4.79 Å². The Morgan fingerprint density at radius 2 is 2.31 bits per heavy atom. The van der Waals surface area contributed by atoms with Crippen molar-refractivity contribution in [1.29, 1.82) is 0 Å². The van der Waals surface area contributed by atoms with Crippen LogP contribution in [0.3, 0.4) is 0 Å². The Morgan fingerprint density at radius 1 is 1.62 bits per heavy atom. The molecule has 5 nitrogen and oxygen atoms in total. The fourth-order valence-corrected chi connectivity index (χ4v) is 1.17. The van der Waals surface area contributed by atoms with Crippen molar-refractivity contribution in [1.82, 2.24) is 10.2 Å². The predicted octanol–water partition coefficient (Wildman–Crippen LogP) is 1.02. The molecule has 16 heavy (non-hydrogen) atoms. The van der Waals surface area contributed by atoms with Gasteiger partial charge in [-0.15, -0.1) is 0 Å². The summed E-state index contributed by atoms with van der Waals surface area (Å²) in [6.45, 7) is 3.49. The molecule has 1 heterocycles. The molecule has 0 aliphatic rings. The zero-order valence-corrected chi connectivity index (χ0v) is 9.86. The summed E-state index contributed by atoms with van der Waals surface area (Å²) >= 11 is 0. The van der Waals surface area contributed by atoms with Gasteiger partial charge in [0.25, 0.3) is 0 Å². The highest BCUT2D eigenvalue weighted by molar-refractivity contribution is 5.87. The van der Waals surface area contributed by atoms with E-state index in [0.29, 0.717) is 18.3 Å². The minimum absolute atomic E-state index is 0.192. The van der Waals surface area contributed by atoms with Crippen LogP contribution < -0.4 is 5.32 Å². The van der Waals surface area contributed by atoms with Crippen LogP contribution in [0, 0.1) is 0 Å². The Labute approximate surface area is 95.0 Å². The molecule has 5 heteroatoms. The number of rotatable bonds is 6. The second kappa shape index (κ2) is 5.67. The zero-order valence-electron chi connectivity index (χ0n) is 9.86. The number of hydrogen-bond acceptors (Lipinski definition) is 4. The lowest BCUT2D eigenvalue weighted by molar-refractivity contribution is 0.0696. The summed E-state index contributed by atoms with van der Waals surface area (Å²) in [5, 5.41) is 11.9. The van der Waals surface area contributed by atoms with Gasteiger partial charge in [0.2, 0.25) is 0 Å². The Morgan fingerprint density at radius 3 is 2.81 bits per heavy atom. The third-order valence-corrected chi connectivity index (χ3v) is 2.52. The summed E-state index contributed by atoms with van der Waals surface area (Å²) < 4.78 is 5.11. The van der Waals surface area contributed by atoms with E-state index in [0.717, 1.165) is 6.54 Å². The highest BCUT2D eigenvalue weighted by Crippen LogP contribution is 2.07. The zero-order chi connectivity index (χ0) is 12.1. The quantitative estimate of drug-likeness (QED) is 0.758. The van der Waals surface area contributed by atoms with Crippen LogP contribution in [0.5, 0.6) is 0 Å². The molecule has 0 aliphatic heterocycles. The first-order valence-corrected chi connectivity index (χ1v) is 5.18. The largest absolute Gasteiger partial charge is 0.478 e. The average Bonchev–Trinajstić information content (AvgIpc) is 2.66. The van der Waals surface area contributed by atoms with Crippen molar-refractivity contribution in [2.75, 3.05) is 20.6 Å². The van der Waals surface area contributed by atoms with Gasteiger partial charge in [0.05, 0.1) is 12.1 Å². The number of carboxylic acids is 1. The molecule has 1 aromatic heterocycles. The molecule has 1 unspecified atom stereocenters. The highest BCUT2D eigenvalue weighted by Gasteiger charge is 2.08. The number of nitrogens with zero attached hydrogens (tertiary/aromatic N) is 1. The molecule has 0 radical (unpaired) electrons. The molecule has 0 fully saturated rings. The topological polar surface area (TPSA) is 65.7 Å². The van der Waals surface area contributed by atoms with Gasteiger partial charge < -0.3 is 19.7 Å². The number of hydrogen-bond donors (Lipinski definition) is 2. The fourth-order valence-electron chi connectivity index (χ4n) is 1.17. The van der Waals surface area contributed by atoms with E-state index in [4.69, 9.17) is 9.52 Å². The minimum Gasteiger partial charge on any atom is -0.478 e. The summed E-state index contributed by atoms with van der Waals surface area (Å²) in [6.07, 6.45) is 1.26. The number of likely N-dealkylation sites (N-methyl/N-ethyl adjacent to an activating group) is 1. The Kier molecular flexibility index (Phi) is 4.52. The minimum atomic E-state index is -0.961. The first-order valence-electron chi connectivity index (χ1n) is 5.18. The van der Waals surface area contributed by atoms with Crippen LogP contribution >= 0.6 is 0 Å². The van der Waals surface area contributed by atoms with Gasteiger partial charge in [-0.2, -0.15) is 0 Å². The van der Waals surface area contributed by atoms with Gasteiger partial charge in [-0.05, 0) is 27.1 Å². The van der Waals surface area contributed by atoms with Gasteiger partial charge in [-0.3, -0.25) is 0 Å². The van der Waals surface area contributed by atoms with Crippen LogP contribution in [0.15, 0.2) is 16.7 Å². The number of aromatic carboxylic acids is 1. The molecular formula is C11H18N2O3. The van der Waals surface area contributed by atoms with Crippen molar-refractivity contribution >= 4 is 5.97 Å². The standard InChI is InChI=1S/C11H18N2O3/c1-8(13(2)3)5-12-6-10-4-9(7-16-10)11(14)15/h4,7-8,12H,5-6H2,1-3H3,(H,14,15). The Balaban J connectivity index is 2.35. The first-order chi connectivity index (χ1) is 7.50. The first kappa shape index (κ1) is 12.7. The number of carbonyl (C=O) groups is 1. The maximum atomic E-state index is 10.6. The number of nitrogens with one attached hydrogen (secondary N) is 1. The van der Waals surface area contributed by atoms with Crippen LogP contribution in [0.1, 0.15) is 23.0 Å². The molecular weight excluding hydrogens is 208 g/mol. The van der Waals surface area contributed by atoms with E-state index in [2.05, 4.69) is 17.1 Å². The van der Waals surface area contributed by atoms with Crippen molar-refractivity contribution in [2.24, 2.45) is 0 Å². The third-order valence-electron chi connectivity index (χ3n) is 2.52. The predicted molar refractivity (Wildman–Crippen MR) is 60.5 cm³/mol. The summed E-state index contributed by atoms with van der Waals surface area (Å²) in [4.78, 5) is 12.7. The van der Waals surface area contributed by atoms with Crippen molar-refractivity contribution in [2.45, 2.75) is 19.5 Å². The molecule has 1 aromatic rings. The Bertz CT molecular complexity index is 347. The van der Waals surface area contributed by atoms with Gasteiger partial charge >= 0.3 is 5.97 Å². The highest BCUT2D eigenvalue weighted by atomic mass is 16.4. The maximum Gasteiger partial charge on any atom is 0.338 e.